The second kappa shape index (κ2) is 4.40. The normalized spacial score (nSPS) is 10.7. The fourth-order valence-corrected chi connectivity index (χ4v) is 2.32. The lowest BCUT2D eigenvalue weighted by molar-refractivity contribution is 0.461. The van der Waals surface area contributed by atoms with Crippen molar-refractivity contribution in [2.45, 2.75) is 0 Å². The van der Waals surface area contributed by atoms with E-state index in [-0.39, 0.29) is 0 Å². The molecule has 5 nitrogen and oxygen atoms in total. The summed E-state index contributed by atoms with van der Waals surface area (Å²) in [7, 11) is 0. The Kier molecular flexibility index (Phi) is 2.73. The van der Waals surface area contributed by atoms with Crippen molar-refractivity contribution in [1.29, 1.82) is 0 Å². The topological polar surface area (TPSA) is 73.9 Å². The Bertz CT molecular complexity index is 698. The minimum atomic E-state index is 0.327. The zero-order chi connectivity index (χ0) is 12.5. The number of rotatable bonds is 2. The highest BCUT2D eigenvalue weighted by atomic mass is 35.5. The number of nitrogens with two attached hydrogens (primary N) is 1. The van der Waals surface area contributed by atoms with Crippen molar-refractivity contribution >= 4 is 38.3 Å². The molecule has 3 rings (SSSR count). The van der Waals surface area contributed by atoms with Gasteiger partial charge in [0.2, 0.25) is 5.88 Å². The largest absolute Gasteiger partial charge is 0.437 e. The van der Waals surface area contributed by atoms with Crippen LogP contribution in [-0.4, -0.2) is 15.0 Å². The van der Waals surface area contributed by atoms with Gasteiger partial charge in [0.1, 0.15) is 10.9 Å². The van der Waals surface area contributed by atoms with Gasteiger partial charge < -0.3 is 10.5 Å². The molecule has 0 aliphatic carbocycles. The van der Waals surface area contributed by atoms with Crippen LogP contribution in [-0.2, 0) is 0 Å². The summed E-state index contributed by atoms with van der Waals surface area (Å²) in [5.74, 6) is 1.04. The second-order valence-electron chi connectivity index (χ2n) is 3.46. The van der Waals surface area contributed by atoms with Crippen molar-refractivity contribution in [1.82, 2.24) is 15.0 Å². The summed E-state index contributed by atoms with van der Waals surface area (Å²) in [5, 5.41) is 0.862. The first kappa shape index (κ1) is 11.2. The summed E-state index contributed by atoms with van der Waals surface area (Å²) in [4.78, 5) is 12.1. The molecule has 2 aromatic heterocycles. The van der Waals surface area contributed by atoms with E-state index in [1.54, 1.807) is 6.07 Å². The first-order valence-electron chi connectivity index (χ1n) is 5.02. The maximum absolute atomic E-state index is 5.65. The molecule has 0 fully saturated rings. The maximum Gasteiger partial charge on any atom is 0.237 e. The van der Waals surface area contributed by atoms with Gasteiger partial charge in [0, 0.05) is 6.07 Å². The Morgan fingerprint density at radius 2 is 2.11 bits per heavy atom. The predicted molar refractivity (Wildman–Crippen MR) is 71.1 cm³/mol. The first-order valence-corrected chi connectivity index (χ1v) is 6.21. The smallest absolute Gasteiger partial charge is 0.237 e. The molecule has 0 bridgehead atoms. The summed E-state index contributed by atoms with van der Waals surface area (Å²) in [6.45, 7) is 0. The number of anilines is 1. The van der Waals surface area contributed by atoms with Gasteiger partial charge in [0.15, 0.2) is 5.13 Å². The van der Waals surface area contributed by atoms with Crippen molar-refractivity contribution < 1.29 is 4.74 Å². The Morgan fingerprint density at radius 3 is 2.89 bits per heavy atom. The lowest BCUT2D eigenvalue weighted by Gasteiger charge is -2.03. The lowest BCUT2D eigenvalue weighted by atomic mass is 10.3. The molecular formula is C11H7ClN4OS. The number of nitrogen functional groups attached to an aromatic ring is 1. The highest BCUT2D eigenvalue weighted by Crippen LogP contribution is 2.29. The number of aromatic nitrogens is 3. The number of ether oxygens (including phenoxy) is 1. The van der Waals surface area contributed by atoms with Crippen LogP contribution in [0.15, 0.2) is 30.6 Å². The van der Waals surface area contributed by atoms with Crippen LogP contribution >= 0.6 is 22.9 Å². The van der Waals surface area contributed by atoms with Crippen molar-refractivity contribution in [3.8, 4) is 11.6 Å². The standard InChI is InChI=1S/C11H7ClN4OS/c12-9-4-15-10(5-14-9)17-6-1-2-7-8(3-6)18-11(13)16-7/h1-5H,(H2,13,16). The molecule has 0 amide bonds. The highest BCUT2D eigenvalue weighted by Gasteiger charge is 2.04. The van der Waals surface area contributed by atoms with E-state index in [2.05, 4.69) is 15.0 Å². The molecule has 0 radical (unpaired) electrons. The number of benzene rings is 1. The Morgan fingerprint density at radius 1 is 1.22 bits per heavy atom. The third-order valence-corrected chi connectivity index (χ3v) is 3.24. The van der Waals surface area contributed by atoms with Crippen molar-refractivity contribution in [3.63, 3.8) is 0 Å². The van der Waals surface area contributed by atoms with Crippen molar-refractivity contribution in [3.05, 3.63) is 35.7 Å². The van der Waals surface area contributed by atoms with Gasteiger partial charge in [0.05, 0.1) is 22.6 Å². The Labute approximate surface area is 111 Å². The van der Waals surface area contributed by atoms with E-state index < -0.39 is 0 Å². The zero-order valence-corrected chi connectivity index (χ0v) is 10.6. The molecule has 7 heteroatoms. The average molecular weight is 279 g/mol. The Balaban J connectivity index is 1.92. The summed E-state index contributed by atoms with van der Waals surface area (Å²) in [5.41, 5.74) is 6.49. The fraction of sp³-hybridized carbons (Fsp3) is 0. The van der Waals surface area contributed by atoms with Crippen LogP contribution in [0.5, 0.6) is 11.6 Å². The molecule has 1 aromatic carbocycles. The van der Waals surface area contributed by atoms with Gasteiger partial charge in [-0.1, -0.05) is 22.9 Å². The van der Waals surface area contributed by atoms with Gasteiger partial charge in [-0.25, -0.2) is 15.0 Å². The molecule has 0 spiro atoms. The van der Waals surface area contributed by atoms with Gasteiger partial charge in [-0.05, 0) is 12.1 Å². The fourth-order valence-electron chi connectivity index (χ4n) is 1.46. The number of halogens is 1. The predicted octanol–water partition coefficient (Wildman–Crippen LogP) is 3.11. The molecule has 0 saturated heterocycles. The summed E-state index contributed by atoms with van der Waals surface area (Å²) in [6, 6.07) is 5.51. The molecule has 2 N–H and O–H groups in total. The van der Waals surface area contributed by atoms with Gasteiger partial charge in [-0.15, -0.1) is 0 Å². The third-order valence-electron chi connectivity index (χ3n) is 2.20. The van der Waals surface area contributed by atoms with Gasteiger partial charge >= 0.3 is 0 Å². The monoisotopic (exact) mass is 278 g/mol. The first-order chi connectivity index (χ1) is 8.70. The van der Waals surface area contributed by atoms with E-state index in [4.69, 9.17) is 22.1 Å². The molecular weight excluding hydrogens is 272 g/mol. The molecule has 0 aliphatic rings. The van der Waals surface area contributed by atoms with Crippen LogP contribution in [0, 0.1) is 0 Å². The SMILES string of the molecule is Nc1nc2ccc(Oc3cnc(Cl)cn3)cc2s1. The lowest BCUT2D eigenvalue weighted by Crippen LogP contribution is -1.88. The van der Waals surface area contributed by atoms with Crippen LogP contribution in [0.1, 0.15) is 0 Å². The molecule has 0 saturated carbocycles. The van der Waals surface area contributed by atoms with Crippen LogP contribution in [0.3, 0.4) is 0 Å². The number of fused-ring (bicyclic) bond motifs is 1. The second-order valence-corrected chi connectivity index (χ2v) is 4.91. The average Bonchev–Trinajstić information content (AvgIpc) is 2.71. The van der Waals surface area contributed by atoms with Crippen LogP contribution < -0.4 is 10.5 Å². The quantitative estimate of drug-likeness (QED) is 0.779. The molecule has 2 heterocycles. The number of thiazole rings is 1. The molecule has 18 heavy (non-hydrogen) atoms. The van der Waals surface area contributed by atoms with Crippen LogP contribution in [0.4, 0.5) is 5.13 Å². The van der Waals surface area contributed by atoms with E-state index in [0.717, 1.165) is 10.2 Å². The molecule has 0 atom stereocenters. The van der Waals surface area contributed by atoms with E-state index in [0.29, 0.717) is 21.9 Å². The Hall–Kier alpha value is -1.92. The van der Waals surface area contributed by atoms with E-state index in [1.807, 2.05) is 12.1 Å². The number of hydrogen-bond donors (Lipinski definition) is 1. The zero-order valence-electron chi connectivity index (χ0n) is 9.00. The number of nitrogens with zero attached hydrogens (tertiary/aromatic N) is 3. The van der Waals surface area contributed by atoms with Crippen molar-refractivity contribution in [2.24, 2.45) is 0 Å². The number of hydrogen-bond acceptors (Lipinski definition) is 6. The van der Waals surface area contributed by atoms with Gasteiger partial charge in [0.25, 0.3) is 0 Å². The van der Waals surface area contributed by atoms with E-state index in [9.17, 15) is 0 Å². The minimum absolute atomic E-state index is 0.327. The summed E-state index contributed by atoms with van der Waals surface area (Å²) in [6.07, 6.45) is 2.90. The van der Waals surface area contributed by atoms with Gasteiger partial charge in [-0.2, -0.15) is 0 Å². The summed E-state index contributed by atoms with van der Waals surface area (Å²) < 4.78 is 6.52. The molecule has 90 valence electrons. The maximum atomic E-state index is 5.65. The third kappa shape index (κ3) is 2.20. The molecule has 0 aliphatic heterocycles. The van der Waals surface area contributed by atoms with E-state index >= 15 is 0 Å². The molecule has 0 unspecified atom stereocenters. The van der Waals surface area contributed by atoms with Crippen LogP contribution in [0.25, 0.3) is 10.2 Å². The molecule has 3 aromatic rings. The highest BCUT2D eigenvalue weighted by molar-refractivity contribution is 7.22. The van der Waals surface area contributed by atoms with Crippen molar-refractivity contribution in [2.75, 3.05) is 5.73 Å². The van der Waals surface area contributed by atoms with E-state index in [1.165, 1.54) is 23.7 Å². The van der Waals surface area contributed by atoms with Gasteiger partial charge in [-0.3, -0.25) is 0 Å². The summed E-state index contributed by atoms with van der Waals surface area (Å²) >= 11 is 7.05. The van der Waals surface area contributed by atoms with Crippen LogP contribution in [0.2, 0.25) is 5.15 Å². The minimum Gasteiger partial charge on any atom is -0.437 e.